The molecule has 0 rings (SSSR count). The molecule has 0 aliphatic rings. The van der Waals surface area contributed by atoms with E-state index in [0.717, 1.165) is 12.2 Å². The van der Waals surface area contributed by atoms with Gasteiger partial charge >= 0.3 is 12.1 Å². The van der Waals surface area contributed by atoms with Crippen molar-refractivity contribution in [3.63, 3.8) is 0 Å². The molecular formula is C9H16N4O2S. The van der Waals surface area contributed by atoms with Gasteiger partial charge in [0.25, 0.3) is 0 Å². The lowest BCUT2D eigenvalue weighted by Crippen LogP contribution is -2.39. The Morgan fingerprint density at radius 3 is 2.75 bits per heavy atom. The molecule has 16 heavy (non-hydrogen) atoms. The highest BCUT2D eigenvalue weighted by Crippen LogP contribution is 2.03. The number of carbonyl (C=O) groups excluding carboxylic acids is 2. The average Bonchev–Trinajstić information content (AvgIpc) is 2.22. The van der Waals surface area contributed by atoms with Gasteiger partial charge in [-0.2, -0.15) is 4.99 Å². The van der Waals surface area contributed by atoms with Crippen LogP contribution in [0.2, 0.25) is 0 Å². The van der Waals surface area contributed by atoms with Gasteiger partial charge in [-0.1, -0.05) is 24.8 Å². The van der Waals surface area contributed by atoms with Crippen LogP contribution in [0.25, 0.3) is 0 Å². The molecule has 0 bridgehead atoms. The molecule has 4 N–H and O–H groups in total. The third kappa shape index (κ3) is 7.86. The first kappa shape index (κ1) is 14.5. The highest BCUT2D eigenvalue weighted by atomic mass is 32.2. The minimum atomic E-state index is -0.831. The zero-order valence-electron chi connectivity index (χ0n) is 9.16. The molecule has 90 valence electrons. The van der Waals surface area contributed by atoms with Crippen LogP contribution in [-0.2, 0) is 0 Å². The number of nitrogens with two attached hydrogens (primary N) is 1. The molecule has 0 radical (unpaired) electrons. The Morgan fingerprint density at radius 2 is 2.25 bits per heavy atom. The standard InChI is InChI=1S/C9H16N4O2S/c1-3-5-11-8(15)13-9(12-7(10)14)16-6-4-2/h3H,1,4-6H2,2H3,(H4,10,11,12,13,14,15). The largest absolute Gasteiger partial charge is 0.350 e. The Morgan fingerprint density at radius 1 is 1.56 bits per heavy atom. The Kier molecular flexibility index (Phi) is 7.96. The van der Waals surface area contributed by atoms with Crippen LogP contribution in [0.5, 0.6) is 0 Å². The van der Waals surface area contributed by atoms with E-state index < -0.39 is 12.1 Å². The first-order valence-corrected chi connectivity index (χ1v) is 5.75. The van der Waals surface area contributed by atoms with Crippen LogP contribution in [0.3, 0.4) is 0 Å². The quantitative estimate of drug-likeness (QED) is 0.392. The van der Waals surface area contributed by atoms with E-state index in [1.54, 1.807) is 6.08 Å². The molecule has 0 heterocycles. The van der Waals surface area contributed by atoms with Gasteiger partial charge in [0.1, 0.15) is 0 Å². The smallest absolute Gasteiger partial charge is 0.340 e. The van der Waals surface area contributed by atoms with Crippen LogP contribution in [0.15, 0.2) is 17.6 Å². The second kappa shape index (κ2) is 8.78. The highest BCUT2D eigenvalue weighted by Gasteiger charge is 2.06. The summed E-state index contributed by atoms with van der Waals surface area (Å²) in [4.78, 5) is 25.3. The summed E-state index contributed by atoms with van der Waals surface area (Å²) in [7, 11) is 0. The fourth-order valence-electron chi connectivity index (χ4n) is 0.701. The summed E-state index contributed by atoms with van der Waals surface area (Å²) in [6.45, 7) is 5.78. The van der Waals surface area contributed by atoms with E-state index in [-0.39, 0.29) is 5.17 Å². The van der Waals surface area contributed by atoms with E-state index in [0.29, 0.717) is 6.54 Å². The topological polar surface area (TPSA) is 96.6 Å². The second-order valence-electron chi connectivity index (χ2n) is 2.73. The van der Waals surface area contributed by atoms with Crippen molar-refractivity contribution in [2.24, 2.45) is 10.7 Å². The number of thioether (sulfide) groups is 1. The predicted molar refractivity (Wildman–Crippen MR) is 66.5 cm³/mol. The number of hydrogen-bond acceptors (Lipinski definition) is 3. The number of rotatable bonds is 4. The lowest BCUT2D eigenvalue weighted by Gasteiger charge is -2.07. The van der Waals surface area contributed by atoms with Crippen molar-refractivity contribution >= 4 is 29.0 Å². The Bertz CT molecular complexity index is 291. The zero-order valence-corrected chi connectivity index (χ0v) is 9.97. The molecule has 0 aromatic rings. The van der Waals surface area contributed by atoms with Crippen LogP contribution in [0.1, 0.15) is 13.3 Å². The lowest BCUT2D eigenvalue weighted by molar-refractivity contribution is 0.246. The molecular weight excluding hydrogens is 228 g/mol. The molecule has 7 heteroatoms. The molecule has 0 aromatic heterocycles. The summed E-state index contributed by atoms with van der Waals surface area (Å²) in [6.07, 6.45) is 2.45. The molecule has 0 fully saturated rings. The first-order chi connectivity index (χ1) is 7.60. The summed E-state index contributed by atoms with van der Waals surface area (Å²) < 4.78 is 0. The maximum absolute atomic E-state index is 11.2. The molecule has 6 nitrogen and oxygen atoms in total. The van der Waals surface area contributed by atoms with Gasteiger partial charge in [0.2, 0.25) is 0 Å². The number of aliphatic imine (C=N–C) groups is 1. The summed E-state index contributed by atoms with van der Waals surface area (Å²) in [5, 5.41) is 5.13. The lowest BCUT2D eigenvalue weighted by atomic mass is 10.6. The highest BCUT2D eigenvalue weighted by molar-refractivity contribution is 8.13. The van der Waals surface area contributed by atoms with E-state index in [2.05, 4.69) is 22.2 Å². The van der Waals surface area contributed by atoms with Gasteiger partial charge in [-0.05, 0) is 6.42 Å². The molecule has 0 aliphatic heterocycles. The van der Waals surface area contributed by atoms with Crippen molar-refractivity contribution in [1.29, 1.82) is 0 Å². The van der Waals surface area contributed by atoms with Crippen LogP contribution < -0.4 is 16.4 Å². The fraction of sp³-hybridized carbons (Fsp3) is 0.444. The van der Waals surface area contributed by atoms with Gasteiger partial charge in [0.15, 0.2) is 5.17 Å². The number of nitrogens with zero attached hydrogens (tertiary/aromatic N) is 1. The maximum atomic E-state index is 11.2. The summed E-state index contributed by atoms with van der Waals surface area (Å²) in [5.41, 5.74) is 4.91. The monoisotopic (exact) mass is 244 g/mol. The number of urea groups is 2. The normalized spacial score (nSPS) is 10.7. The number of hydrogen-bond donors (Lipinski definition) is 3. The predicted octanol–water partition coefficient (Wildman–Crippen LogP) is 1.05. The number of primary amides is 1. The van der Waals surface area contributed by atoms with Crippen LogP contribution in [0.4, 0.5) is 9.59 Å². The van der Waals surface area contributed by atoms with Crippen molar-refractivity contribution in [1.82, 2.24) is 10.6 Å². The van der Waals surface area contributed by atoms with E-state index in [4.69, 9.17) is 5.73 Å². The van der Waals surface area contributed by atoms with Crippen LogP contribution in [0, 0.1) is 0 Å². The molecule has 0 unspecified atom stereocenters. The van der Waals surface area contributed by atoms with Crippen molar-refractivity contribution < 1.29 is 9.59 Å². The second-order valence-corrected chi connectivity index (χ2v) is 3.81. The minimum Gasteiger partial charge on any atom is -0.350 e. The summed E-state index contributed by atoms with van der Waals surface area (Å²) in [5.74, 6) is 0.744. The van der Waals surface area contributed by atoms with E-state index in [1.807, 2.05) is 6.92 Å². The first-order valence-electron chi connectivity index (χ1n) is 4.76. The molecule has 4 amide bonds. The summed E-state index contributed by atoms with van der Waals surface area (Å²) >= 11 is 1.26. The number of amides is 4. The average molecular weight is 244 g/mol. The van der Waals surface area contributed by atoms with Gasteiger partial charge in [-0.15, -0.1) is 6.58 Å². The zero-order chi connectivity index (χ0) is 12.4. The third-order valence-corrected chi connectivity index (χ3v) is 2.36. The molecule has 0 saturated heterocycles. The molecule has 0 aliphatic carbocycles. The Labute approximate surface area is 98.8 Å². The van der Waals surface area contributed by atoms with E-state index in [9.17, 15) is 9.59 Å². The van der Waals surface area contributed by atoms with Crippen molar-refractivity contribution in [2.45, 2.75) is 13.3 Å². The van der Waals surface area contributed by atoms with Crippen LogP contribution in [-0.4, -0.2) is 29.5 Å². The molecule has 0 spiro atoms. The van der Waals surface area contributed by atoms with Gasteiger partial charge in [0.05, 0.1) is 0 Å². The van der Waals surface area contributed by atoms with E-state index in [1.165, 1.54) is 11.8 Å². The van der Waals surface area contributed by atoms with Crippen LogP contribution >= 0.6 is 11.8 Å². The van der Waals surface area contributed by atoms with Gasteiger partial charge in [-0.25, -0.2) is 9.59 Å². The van der Waals surface area contributed by atoms with E-state index >= 15 is 0 Å². The molecule has 0 saturated carbocycles. The number of amidine groups is 1. The number of nitrogens with one attached hydrogen (secondary N) is 2. The van der Waals surface area contributed by atoms with Crippen molar-refractivity contribution in [3.05, 3.63) is 12.7 Å². The van der Waals surface area contributed by atoms with Crippen molar-refractivity contribution in [2.75, 3.05) is 12.3 Å². The Balaban J connectivity index is 4.24. The Hall–Kier alpha value is -1.50. The van der Waals surface area contributed by atoms with Gasteiger partial charge in [-0.3, -0.25) is 5.32 Å². The molecule has 0 aromatic carbocycles. The fourth-order valence-corrected chi connectivity index (χ4v) is 1.42. The minimum absolute atomic E-state index is 0.205. The van der Waals surface area contributed by atoms with Crippen molar-refractivity contribution in [3.8, 4) is 0 Å². The van der Waals surface area contributed by atoms with Gasteiger partial charge in [0, 0.05) is 12.3 Å². The number of carbonyl (C=O) groups is 2. The maximum Gasteiger partial charge on any atom is 0.340 e. The summed E-state index contributed by atoms with van der Waals surface area (Å²) in [6, 6.07) is -1.27. The molecule has 0 atom stereocenters. The SMILES string of the molecule is C=CCNC(=O)NC(=NC(N)=O)SCCC. The third-order valence-electron chi connectivity index (χ3n) is 1.28. The van der Waals surface area contributed by atoms with Gasteiger partial charge < -0.3 is 11.1 Å².